The fraction of sp³-hybridized carbons (Fsp3) is 0.412. The zero-order valence-corrected chi connectivity index (χ0v) is 13.6. The molecule has 0 radical (unpaired) electrons. The zero-order chi connectivity index (χ0) is 16.8. The number of anilines is 1. The van der Waals surface area contributed by atoms with Crippen LogP contribution in [-0.4, -0.2) is 34.3 Å². The van der Waals surface area contributed by atoms with E-state index in [-0.39, 0.29) is 18.3 Å². The van der Waals surface area contributed by atoms with Crippen LogP contribution in [0.4, 0.5) is 10.2 Å². The Morgan fingerprint density at radius 1 is 1.22 bits per heavy atom. The zero-order valence-electron chi connectivity index (χ0n) is 13.6. The fourth-order valence-electron chi connectivity index (χ4n) is 1.94. The molecule has 0 saturated heterocycles. The van der Waals surface area contributed by atoms with Crippen molar-refractivity contribution < 1.29 is 14.2 Å². The minimum atomic E-state index is -0.710. The Balaban J connectivity index is 1.84. The number of aliphatic hydroxyl groups is 1. The molecule has 0 saturated carbocycles. The summed E-state index contributed by atoms with van der Waals surface area (Å²) in [4.78, 5) is 8.79. The lowest BCUT2D eigenvalue weighted by molar-refractivity contribution is 0.117. The van der Waals surface area contributed by atoms with Gasteiger partial charge in [0.25, 0.3) is 0 Å². The van der Waals surface area contributed by atoms with Crippen LogP contribution in [-0.2, 0) is 0 Å². The van der Waals surface area contributed by atoms with Crippen molar-refractivity contribution in [1.29, 1.82) is 0 Å². The van der Waals surface area contributed by atoms with Gasteiger partial charge in [0.2, 0.25) is 0 Å². The van der Waals surface area contributed by atoms with Crippen molar-refractivity contribution in [2.75, 3.05) is 18.5 Å². The maximum atomic E-state index is 12.8. The van der Waals surface area contributed by atoms with E-state index in [1.807, 2.05) is 26.8 Å². The molecule has 0 bridgehead atoms. The number of hydrogen-bond donors (Lipinski definition) is 2. The summed E-state index contributed by atoms with van der Waals surface area (Å²) in [6, 6.07) is 7.52. The molecule has 2 rings (SSSR count). The second-order valence-electron chi connectivity index (χ2n) is 5.71. The lowest BCUT2D eigenvalue weighted by atomic mass is 10.2. The molecule has 1 unspecified atom stereocenters. The van der Waals surface area contributed by atoms with E-state index in [1.54, 1.807) is 0 Å². The van der Waals surface area contributed by atoms with Crippen LogP contribution >= 0.6 is 0 Å². The highest BCUT2D eigenvalue weighted by atomic mass is 19.1. The van der Waals surface area contributed by atoms with Crippen molar-refractivity contribution in [3.8, 4) is 5.75 Å². The highest BCUT2D eigenvalue weighted by Gasteiger charge is 2.09. The van der Waals surface area contributed by atoms with Crippen molar-refractivity contribution >= 4 is 5.82 Å². The van der Waals surface area contributed by atoms with Crippen molar-refractivity contribution in [2.45, 2.75) is 32.8 Å². The Kier molecular flexibility index (Phi) is 5.87. The highest BCUT2D eigenvalue weighted by Crippen LogP contribution is 2.14. The van der Waals surface area contributed by atoms with Crippen LogP contribution < -0.4 is 10.1 Å². The summed E-state index contributed by atoms with van der Waals surface area (Å²) in [5, 5.41) is 13.1. The Labute approximate surface area is 135 Å². The molecule has 0 aliphatic heterocycles. The van der Waals surface area contributed by atoms with Gasteiger partial charge in [-0.2, -0.15) is 0 Å². The predicted octanol–water partition coefficient (Wildman–Crippen LogP) is 2.90. The Morgan fingerprint density at radius 2 is 1.91 bits per heavy atom. The SMILES string of the molecule is Cc1cc(NCC(O)COc2ccc(F)cc2)nc(C(C)C)n1. The Morgan fingerprint density at radius 3 is 2.57 bits per heavy atom. The van der Waals surface area contributed by atoms with E-state index in [4.69, 9.17) is 4.74 Å². The molecule has 0 aliphatic rings. The molecule has 2 aromatic rings. The summed E-state index contributed by atoms with van der Waals surface area (Å²) >= 11 is 0. The van der Waals surface area contributed by atoms with E-state index in [1.165, 1.54) is 24.3 Å². The van der Waals surface area contributed by atoms with Crippen LogP contribution in [0, 0.1) is 12.7 Å². The molecule has 124 valence electrons. The third kappa shape index (κ3) is 5.49. The summed E-state index contributed by atoms with van der Waals surface area (Å²) in [5.74, 6) is 1.89. The third-order valence-corrected chi connectivity index (χ3v) is 3.16. The molecule has 1 heterocycles. The number of rotatable bonds is 7. The van der Waals surface area contributed by atoms with Crippen LogP contribution in [0.15, 0.2) is 30.3 Å². The van der Waals surface area contributed by atoms with Gasteiger partial charge < -0.3 is 15.2 Å². The van der Waals surface area contributed by atoms with Gasteiger partial charge in [0.1, 0.15) is 35.9 Å². The predicted molar refractivity (Wildman–Crippen MR) is 87.2 cm³/mol. The molecule has 2 N–H and O–H groups in total. The maximum absolute atomic E-state index is 12.8. The van der Waals surface area contributed by atoms with Gasteiger partial charge in [0.05, 0.1) is 0 Å². The van der Waals surface area contributed by atoms with Gasteiger partial charge in [-0.15, -0.1) is 0 Å². The molecule has 6 heteroatoms. The van der Waals surface area contributed by atoms with E-state index in [0.29, 0.717) is 18.1 Å². The number of halogens is 1. The monoisotopic (exact) mass is 319 g/mol. The number of nitrogens with zero attached hydrogens (tertiary/aromatic N) is 2. The number of aromatic nitrogens is 2. The summed E-state index contributed by atoms with van der Waals surface area (Å²) < 4.78 is 18.2. The minimum absolute atomic E-state index is 0.111. The second-order valence-corrected chi connectivity index (χ2v) is 5.71. The van der Waals surface area contributed by atoms with Crippen molar-refractivity contribution in [2.24, 2.45) is 0 Å². The van der Waals surface area contributed by atoms with Crippen LogP contribution in [0.3, 0.4) is 0 Å². The summed E-state index contributed by atoms with van der Waals surface area (Å²) in [7, 11) is 0. The van der Waals surface area contributed by atoms with Gasteiger partial charge in [-0.25, -0.2) is 14.4 Å². The molecule has 5 nitrogen and oxygen atoms in total. The van der Waals surface area contributed by atoms with E-state index < -0.39 is 6.10 Å². The first-order valence-corrected chi connectivity index (χ1v) is 7.60. The third-order valence-electron chi connectivity index (χ3n) is 3.16. The van der Waals surface area contributed by atoms with Crippen LogP contribution in [0.2, 0.25) is 0 Å². The van der Waals surface area contributed by atoms with Crippen LogP contribution in [0.1, 0.15) is 31.3 Å². The molecule has 0 fully saturated rings. The summed E-state index contributed by atoms with van der Waals surface area (Å²) in [6.45, 7) is 6.38. The first kappa shape index (κ1) is 17.1. The number of ether oxygens (including phenoxy) is 1. The standard InChI is InChI=1S/C17H22FN3O2/c1-11(2)17-20-12(3)8-16(21-17)19-9-14(22)10-23-15-6-4-13(18)5-7-15/h4-8,11,14,22H,9-10H2,1-3H3,(H,19,20,21). The highest BCUT2D eigenvalue weighted by molar-refractivity contribution is 5.36. The van der Waals surface area contributed by atoms with Crippen molar-refractivity contribution in [1.82, 2.24) is 9.97 Å². The fourth-order valence-corrected chi connectivity index (χ4v) is 1.94. The molecule has 0 spiro atoms. The quantitative estimate of drug-likeness (QED) is 0.821. The van der Waals surface area contributed by atoms with E-state index >= 15 is 0 Å². The largest absolute Gasteiger partial charge is 0.491 e. The lowest BCUT2D eigenvalue weighted by Crippen LogP contribution is -2.26. The van der Waals surface area contributed by atoms with Crippen LogP contribution in [0.5, 0.6) is 5.75 Å². The van der Waals surface area contributed by atoms with Gasteiger partial charge in [-0.1, -0.05) is 13.8 Å². The molecule has 1 aromatic carbocycles. The van der Waals surface area contributed by atoms with Gasteiger partial charge >= 0.3 is 0 Å². The summed E-state index contributed by atoms with van der Waals surface area (Å²) in [6.07, 6.45) is -0.710. The molecule has 0 amide bonds. The van der Waals surface area contributed by atoms with Gasteiger partial charge in [0.15, 0.2) is 0 Å². The topological polar surface area (TPSA) is 67.3 Å². The Hall–Kier alpha value is -2.21. The lowest BCUT2D eigenvalue weighted by Gasteiger charge is -2.15. The number of aryl methyl sites for hydroxylation is 1. The van der Waals surface area contributed by atoms with E-state index in [0.717, 1.165) is 11.5 Å². The molecule has 1 aromatic heterocycles. The van der Waals surface area contributed by atoms with Gasteiger partial charge in [-0.3, -0.25) is 0 Å². The van der Waals surface area contributed by atoms with Gasteiger partial charge in [0, 0.05) is 24.2 Å². The molecule has 1 atom stereocenters. The van der Waals surface area contributed by atoms with E-state index in [9.17, 15) is 9.50 Å². The number of aliphatic hydroxyl groups excluding tert-OH is 1. The smallest absolute Gasteiger partial charge is 0.133 e. The molecule has 0 aliphatic carbocycles. The average molecular weight is 319 g/mol. The number of benzene rings is 1. The van der Waals surface area contributed by atoms with Gasteiger partial charge in [-0.05, 0) is 31.2 Å². The van der Waals surface area contributed by atoms with Crippen molar-refractivity contribution in [3.05, 3.63) is 47.7 Å². The second kappa shape index (κ2) is 7.87. The van der Waals surface area contributed by atoms with E-state index in [2.05, 4.69) is 15.3 Å². The molecular formula is C17H22FN3O2. The average Bonchev–Trinajstić information content (AvgIpc) is 2.52. The maximum Gasteiger partial charge on any atom is 0.133 e. The number of hydrogen-bond acceptors (Lipinski definition) is 5. The first-order chi connectivity index (χ1) is 10.9. The summed E-state index contributed by atoms with van der Waals surface area (Å²) in [5.41, 5.74) is 0.878. The van der Waals surface area contributed by atoms with Crippen molar-refractivity contribution in [3.63, 3.8) is 0 Å². The minimum Gasteiger partial charge on any atom is -0.491 e. The normalized spacial score (nSPS) is 12.3. The number of nitrogens with one attached hydrogen (secondary N) is 1. The Bertz CT molecular complexity index is 632. The molecular weight excluding hydrogens is 297 g/mol. The first-order valence-electron chi connectivity index (χ1n) is 7.60. The van der Waals surface area contributed by atoms with Crippen LogP contribution in [0.25, 0.3) is 0 Å². The molecule has 23 heavy (non-hydrogen) atoms.